The van der Waals surface area contributed by atoms with E-state index in [-0.39, 0.29) is 17.8 Å². The van der Waals surface area contributed by atoms with Crippen molar-refractivity contribution in [2.45, 2.75) is 6.18 Å². The Kier molecular flexibility index (Phi) is 6.69. The molecular formula is C18H18F3N3O4. The first-order valence-electron chi connectivity index (χ1n) is 7.97. The molecule has 2 amide bonds. The van der Waals surface area contributed by atoms with E-state index in [1.807, 2.05) is 0 Å². The SMILES string of the molecule is COc1ccc(C(=O)NCC(=O)NNc2cccc(C(F)(F)F)c2)cc1OC. The third-order valence-electron chi connectivity index (χ3n) is 3.59. The summed E-state index contributed by atoms with van der Waals surface area (Å²) >= 11 is 0. The molecule has 0 aromatic heterocycles. The van der Waals surface area contributed by atoms with Gasteiger partial charge in [0, 0.05) is 5.56 Å². The highest BCUT2D eigenvalue weighted by molar-refractivity contribution is 5.97. The van der Waals surface area contributed by atoms with Crippen molar-refractivity contribution in [1.29, 1.82) is 0 Å². The Morgan fingerprint density at radius 1 is 1.00 bits per heavy atom. The number of methoxy groups -OCH3 is 2. The summed E-state index contributed by atoms with van der Waals surface area (Å²) in [5.74, 6) is -0.380. The molecule has 0 heterocycles. The number of carbonyl (C=O) groups is 2. The Labute approximate surface area is 158 Å². The minimum Gasteiger partial charge on any atom is -0.493 e. The molecule has 10 heteroatoms. The zero-order valence-electron chi connectivity index (χ0n) is 15.0. The molecule has 0 radical (unpaired) electrons. The molecule has 0 saturated heterocycles. The summed E-state index contributed by atoms with van der Waals surface area (Å²) in [6.45, 7) is -0.390. The standard InChI is InChI=1S/C18H18F3N3O4/c1-27-14-7-6-11(8-15(14)28-2)17(26)22-10-16(25)24-23-13-5-3-4-12(9-13)18(19,20)21/h3-9,23H,10H2,1-2H3,(H,22,26)(H,24,25). The molecule has 28 heavy (non-hydrogen) atoms. The third-order valence-corrected chi connectivity index (χ3v) is 3.59. The molecule has 7 nitrogen and oxygen atoms in total. The summed E-state index contributed by atoms with van der Waals surface area (Å²) in [7, 11) is 2.88. The van der Waals surface area contributed by atoms with Gasteiger partial charge in [0.2, 0.25) is 0 Å². The van der Waals surface area contributed by atoms with Gasteiger partial charge in [-0.25, -0.2) is 0 Å². The van der Waals surface area contributed by atoms with Crippen molar-refractivity contribution in [2.24, 2.45) is 0 Å². The van der Waals surface area contributed by atoms with E-state index >= 15 is 0 Å². The van der Waals surface area contributed by atoms with Gasteiger partial charge in [-0.15, -0.1) is 0 Å². The normalized spacial score (nSPS) is 10.8. The lowest BCUT2D eigenvalue weighted by atomic mass is 10.2. The Morgan fingerprint density at radius 3 is 2.36 bits per heavy atom. The summed E-state index contributed by atoms with van der Waals surface area (Å²) in [6.07, 6.45) is -4.49. The van der Waals surface area contributed by atoms with Crippen LogP contribution in [0.2, 0.25) is 0 Å². The number of rotatable bonds is 7. The minimum atomic E-state index is -4.49. The Hall–Kier alpha value is -3.43. The van der Waals surface area contributed by atoms with E-state index < -0.39 is 23.6 Å². The molecule has 3 N–H and O–H groups in total. The topological polar surface area (TPSA) is 88.7 Å². The smallest absolute Gasteiger partial charge is 0.416 e. The van der Waals surface area contributed by atoms with Gasteiger partial charge in [0.15, 0.2) is 11.5 Å². The Balaban J connectivity index is 1.88. The highest BCUT2D eigenvalue weighted by Crippen LogP contribution is 2.30. The molecule has 0 aliphatic carbocycles. The largest absolute Gasteiger partial charge is 0.493 e. The number of hydrogen-bond donors (Lipinski definition) is 3. The van der Waals surface area contributed by atoms with Gasteiger partial charge in [0.05, 0.1) is 32.0 Å². The number of alkyl halides is 3. The summed E-state index contributed by atoms with van der Waals surface area (Å²) in [4.78, 5) is 23.9. The zero-order valence-corrected chi connectivity index (χ0v) is 15.0. The molecule has 2 aromatic carbocycles. The second kappa shape index (κ2) is 8.98. The molecule has 0 aliphatic heterocycles. The van der Waals surface area contributed by atoms with Crippen LogP contribution in [0.4, 0.5) is 18.9 Å². The first-order chi connectivity index (χ1) is 13.2. The number of halogens is 3. The van der Waals surface area contributed by atoms with Crippen molar-refractivity contribution in [1.82, 2.24) is 10.7 Å². The maximum Gasteiger partial charge on any atom is 0.416 e. The maximum absolute atomic E-state index is 12.7. The van der Waals surface area contributed by atoms with Crippen LogP contribution < -0.4 is 25.6 Å². The van der Waals surface area contributed by atoms with Gasteiger partial charge >= 0.3 is 6.18 Å². The second-order valence-corrected chi connectivity index (χ2v) is 5.50. The van der Waals surface area contributed by atoms with Crippen LogP contribution in [-0.4, -0.2) is 32.6 Å². The fourth-order valence-electron chi connectivity index (χ4n) is 2.20. The molecule has 0 spiro atoms. The molecule has 2 aromatic rings. The number of anilines is 1. The van der Waals surface area contributed by atoms with Crippen molar-refractivity contribution in [3.8, 4) is 11.5 Å². The van der Waals surface area contributed by atoms with E-state index in [4.69, 9.17) is 9.47 Å². The molecule has 0 aliphatic rings. The van der Waals surface area contributed by atoms with Crippen LogP contribution in [0.25, 0.3) is 0 Å². The fraction of sp³-hybridized carbons (Fsp3) is 0.222. The molecule has 2 rings (SSSR count). The van der Waals surface area contributed by atoms with Crippen LogP contribution in [0.1, 0.15) is 15.9 Å². The highest BCUT2D eigenvalue weighted by atomic mass is 19.4. The molecule has 0 saturated carbocycles. The zero-order chi connectivity index (χ0) is 20.7. The van der Waals surface area contributed by atoms with Crippen molar-refractivity contribution in [2.75, 3.05) is 26.2 Å². The van der Waals surface area contributed by atoms with Crippen molar-refractivity contribution >= 4 is 17.5 Å². The number of carbonyl (C=O) groups excluding carboxylic acids is 2. The molecule has 0 unspecified atom stereocenters. The fourth-order valence-corrected chi connectivity index (χ4v) is 2.20. The molecule has 0 bridgehead atoms. The van der Waals surface area contributed by atoms with Crippen molar-refractivity contribution in [3.05, 3.63) is 53.6 Å². The maximum atomic E-state index is 12.7. The van der Waals surface area contributed by atoms with Gasteiger partial charge in [-0.05, 0) is 36.4 Å². The average molecular weight is 397 g/mol. The van der Waals surface area contributed by atoms with E-state index in [1.54, 1.807) is 6.07 Å². The van der Waals surface area contributed by atoms with Gasteiger partial charge in [0.1, 0.15) is 0 Å². The number of ether oxygens (including phenoxy) is 2. The van der Waals surface area contributed by atoms with E-state index in [2.05, 4.69) is 16.2 Å². The van der Waals surface area contributed by atoms with Crippen LogP contribution >= 0.6 is 0 Å². The Bertz CT molecular complexity index is 856. The van der Waals surface area contributed by atoms with E-state index in [0.29, 0.717) is 11.5 Å². The predicted octanol–water partition coefficient (Wildman–Crippen LogP) is 2.60. The first kappa shape index (κ1) is 20.9. The number of benzene rings is 2. The highest BCUT2D eigenvalue weighted by Gasteiger charge is 2.30. The summed E-state index contributed by atoms with van der Waals surface area (Å²) in [5.41, 5.74) is 4.02. The van der Waals surface area contributed by atoms with Gasteiger partial charge in [0.25, 0.3) is 11.8 Å². The van der Waals surface area contributed by atoms with Crippen molar-refractivity contribution < 1.29 is 32.2 Å². The minimum absolute atomic E-state index is 0.0504. The predicted molar refractivity (Wildman–Crippen MR) is 95.1 cm³/mol. The molecule has 150 valence electrons. The van der Waals surface area contributed by atoms with Crippen LogP contribution in [0.3, 0.4) is 0 Å². The quantitative estimate of drug-likeness (QED) is 0.625. The van der Waals surface area contributed by atoms with E-state index in [1.165, 1.54) is 38.5 Å². The van der Waals surface area contributed by atoms with Gasteiger partial charge in [-0.3, -0.25) is 20.4 Å². The van der Waals surface area contributed by atoms with E-state index in [9.17, 15) is 22.8 Å². The lowest BCUT2D eigenvalue weighted by Gasteiger charge is -2.12. The van der Waals surface area contributed by atoms with Crippen molar-refractivity contribution in [3.63, 3.8) is 0 Å². The lowest BCUT2D eigenvalue weighted by Crippen LogP contribution is -2.39. The number of nitrogens with one attached hydrogen (secondary N) is 3. The van der Waals surface area contributed by atoms with Gasteiger partial charge in [-0.2, -0.15) is 13.2 Å². The van der Waals surface area contributed by atoms with Crippen LogP contribution in [0, 0.1) is 0 Å². The summed E-state index contributed by atoms with van der Waals surface area (Å²) in [6, 6.07) is 8.82. The number of hydrogen-bond acceptors (Lipinski definition) is 5. The van der Waals surface area contributed by atoms with Crippen LogP contribution in [0.15, 0.2) is 42.5 Å². The summed E-state index contributed by atoms with van der Waals surface area (Å²) < 4.78 is 48.2. The average Bonchev–Trinajstić information content (AvgIpc) is 2.69. The van der Waals surface area contributed by atoms with Gasteiger partial charge < -0.3 is 14.8 Å². The van der Waals surface area contributed by atoms with Gasteiger partial charge in [-0.1, -0.05) is 6.07 Å². The first-order valence-corrected chi connectivity index (χ1v) is 7.97. The monoisotopic (exact) mass is 397 g/mol. The lowest BCUT2D eigenvalue weighted by molar-refractivity contribution is -0.137. The third kappa shape index (κ3) is 5.53. The van der Waals surface area contributed by atoms with E-state index in [0.717, 1.165) is 12.1 Å². The molecule has 0 atom stereocenters. The second-order valence-electron chi connectivity index (χ2n) is 5.50. The molecule has 0 fully saturated rings. The van der Waals surface area contributed by atoms with Crippen LogP contribution in [-0.2, 0) is 11.0 Å². The number of hydrazine groups is 1. The summed E-state index contributed by atoms with van der Waals surface area (Å²) in [5, 5.41) is 2.39. The number of amides is 2. The molecular weight excluding hydrogens is 379 g/mol. The van der Waals surface area contributed by atoms with Crippen LogP contribution in [0.5, 0.6) is 11.5 Å². The Morgan fingerprint density at radius 2 is 1.71 bits per heavy atom.